The van der Waals surface area contributed by atoms with Crippen molar-refractivity contribution >= 4 is 57.0 Å². The van der Waals surface area contributed by atoms with Gasteiger partial charge in [-0.1, -0.05) is 29.3 Å². The van der Waals surface area contributed by atoms with E-state index < -0.39 is 0 Å². The molecule has 4 rings (SSSR count). The standard InChI is InChI=1S/C19H15Cl2N3OS/c1-22-17-16(14-3-2-13(20)10-15(14)21)18(12-4-5-23-11-12)26-19(17)24-6-8-25-9-7-24/h2-3,5,10-11H,4,6-9H2. The summed E-state index contributed by atoms with van der Waals surface area (Å²) in [5, 5.41) is 2.11. The highest BCUT2D eigenvalue weighted by molar-refractivity contribution is 7.18. The number of thiophene rings is 1. The number of benzene rings is 1. The highest BCUT2D eigenvalue weighted by Gasteiger charge is 2.27. The summed E-state index contributed by atoms with van der Waals surface area (Å²) in [7, 11) is 0. The highest BCUT2D eigenvalue weighted by Crippen LogP contribution is 2.53. The number of hydrogen-bond donors (Lipinski definition) is 0. The summed E-state index contributed by atoms with van der Waals surface area (Å²) in [6.07, 6.45) is 4.52. The maximum atomic E-state index is 7.84. The second kappa shape index (κ2) is 7.42. The second-order valence-corrected chi connectivity index (χ2v) is 7.83. The molecule has 2 aliphatic heterocycles. The smallest absolute Gasteiger partial charge is 0.228 e. The molecule has 7 heteroatoms. The Bertz CT molecular complexity index is 952. The third kappa shape index (κ3) is 3.15. The van der Waals surface area contributed by atoms with E-state index in [4.69, 9.17) is 34.5 Å². The van der Waals surface area contributed by atoms with Crippen LogP contribution in [0.4, 0.5) is 10.7 Å². The van der Waals surface area contributed by atoms with Gasteiger partial charge in [-0.2, -0.15) is 0 Å². The van der Waals surface area contributed by atoms with Crippen molar-refractivity contribution in [2.24, 2.45) is 4.99 Å². The Balaban J connectivity index is 1.92. The van der Waals surface area contributed by atoms with Crippen molar-refractivity contribution in [2.75, 3.05) is 31.2 Å². The van der Waals surface area contributed by atoms with Gasteiger partial charge in [0.25, 0.3) is 0 Å². The van der Waals surface area contributed by atoms with Crippen LogP contribution in [-0.2, 0) is 4.74 Å². The number of ether oxygens (including phenoxy) is 1. The van der Waals surface area contributed by atoms with Crippen LogP contribution in [-0.4, -0.2) is 32.5 Å². The lowest BCUT2D eigenvalue weighted by Crippen LogP contribution is -2.35. The molecule has 1 aromatic carbocycles. The number of morpholine rings is 1. The number of rotatable bonds is 3. The lowest BCUT2D eigenvalue weighted by molar-refractivity contribution is 0.123. The van der Waals surface area contributed by atoms with Gasteiger partial charge in [0, 0.05) is 52.4 Å². The summed E-state index contributed by atoms with van der Waals surface area (Å²) < 4.78 is 5.47. The Morgan fingerprint density at radius 3 is 2.69 bits per heavy atom. The van der Waals surface area contributed by atoms with Gasteiger partial charge in [0.1, 0.15) is 0 Å². The largest absolute Gasteiger partial charge is 0.378 e. The Labute approximate surface area is 166 Å². The third-order valence-corrected chi connectivity index (χ3v) is 6.28. The zero-order valence-corrected chi connectivity index (χ0v) is 16.2. The summed E-state index contributed by atoms with van der Waals surface area (Å²) in [5.41, 5.74) is 3.47. The maximum absolute atomic E-state index is 7.84. The summed E-state index contributed by atoms with van der Waals surface area (Å²) in [4.78, 5) is 11.4. The van der Waals surface area contributed by atoms with Crippen LogP contribution in [0.3, 0.4) is 0 Å². The predicted molar refractivity (Wildman–Crippen MR) is 110 cm³/mol. The van der Waals surface area contributed by atoms with E-state index in [1.165, 1.54) is 0 Å². The fraction of sp³-hybridized carbons (Fsp3) is 0.263. The van der Waals surface area contributed by atoms with Crippen LogP contribution in [0.2, 0.25) is 10.0 Å². The van der Waals surface area contributed by atoms with Gasteiger partial charge in [-0.25, -0.2) is 4.85 Å². The molecular weight excluding hydrogens is 389 g/mol. The van der Waals surface area contributed by atoms with E-state index in [1.807, 2.05) is 24.5 Å². The van der Waals surface area contributed by atoms with E-state index >= 15 is 0 Å². The highest BCUT2D eigenvalue weighted by atomic mass is 35.5. The molecule has 4 nitrogen and oxygen atoms in total. The van der Waals surface area contributed by atoms with Crippen LogP contribution in [0.5, 0.6) is 0 Å². The first-order chi connectivity index (χ1) is 12.7. The fourth-order valence-corrected chi connectivity index (χ4v) is 4.99. The molecule has 26 heavy (non-hydrogen) atoms. The van der Waals surface area contributed by atoms with Gasteiger partial charge in [-0.15, -0.1) is 11.3 Å². The molecule has 0 radical (unpaired) electrons. The van der Waals surface area contributed by atoms with Crippen molar-refractivity contribution < 1.29 is 4.74 Å². The number of nitrogens with zero attached hydrogens (tertiary/aromatic N) is 3. The fourth-order valence-electron chi connectivity index (χ4n) is 3.16. The Kier molecular flexibility index (Phi) is 5.01. The molecule has 0 N–H and O–H groups in total. The monoisotopic (exact) mass is 403 g/mol. The van der Waals surface area contributed by atoms with E-state index in [-0.39, 0.29) is 0 Å². The molecule has 132 valence electrons. The molecule has 1 fully saturated rings. The van der Waals surface area contributed by atoms with Gasteiger partial charge >= 0.3 is 0 Å². The van der Waals surface area contributed by atoms with Gasteiger partial charge in [-0.05, 0) is 23.3 Å². The summed E-state index contributed by atoms with van der Waals surface area (Å²) in [6.45, 7) is 10.8. The first-order valence-electron chi connectivity index (χ1n) is 8.22. The number of allylic oxidation sites excluding steroid dienone is 1. The third-order valence-electron chi connectivity index (χ3n) is 4.41. The van der Waals surface area contributed by atoms with Crippen molar-refractivity contribution in [2.45, 2.75) is 6.42 Å². The zero-order chi connectivity index (χ0) is 18.1. The van der Waals surface area contributed by atoms with Gasteiger partial charge in [0.2, 0.25) is 5.69 Å². The van der Waals surface area contributed by atoms with E-state index in [0.717, 1.165) is 46.1 Å². The van der Waals surface area contributed by atoms with Crippen LogP contribution >= 0.6 is 34.5 Å². The van der Waals surface area contributed by atoms with Gasteiger partial charge < -0.3 is 9.64 Å². The Hall–Kier alpha value is -1.84. The summed E-state index contributed by atoms with van der Waals surface area (Å²) in [6, 6.07) is 5.43. The molecule has 3 heterocycles. The van der Waals surface area contributed by atoms with E-state index in [9.17, 15) is 0 Å². The van der Waals surface area contributed by atoms with Crippen LogP contribution in [0.25, 0.3) is 21.5 Å². The molecule has 2 aliphatic rings. The van der Waals surface area contributed by atoms with Crippen molar-refractivity contribution in [1.82, 2.24) is 0 Å². The molecule has 0 amide bonds. The molecule has 0 spiro atoms. The van der Waals surface area contributed by atoms with Gasteiger partial charge in [0.05, 0.1) is 24.8 Å². The molecule has 1 saturated heterocycles. The Morgan fingerprint density at radius 1 is 1.23 bits per heavy atom. The molecule has 0 atom stereocenters. The van der Waals surface area contributed by atoms with E-state index in [2.05, 4.69) is 14.7 Å². The molecule has 0 saturated carbocycles. The molecular formula is C19H15Cl2N3OS. The van der Waals surface area contributed by atoms with Crippen LogP contribution in [0, 0.1) is 6.57 Å². The predicted octanol–water partition coefficient (Wildman–Crippen LogP) is 5.92. The minimum atomic E-state index is 0.550. The van der Waals surface area contributed by atoms with Crippen molar-refractivity contribution in [3.8, 4) is 11.1 Å². The van der Waals surface area contributed by atoms with Gasteiger partial charge in [0.15, 0.2) is 0 Å². The van der Waals surface area contributed by atoms with Crippen LogP contribution in [0.15, 0.2) is 29.4 Å². The second-order valence-electron chi connectivity index (χ2n) is 5.99. The quantitative estimate of drug-likeness (QED) is 0.594. The molecule has 0 bridgehead atoms. The van der Waals surface area contributed by atoms with Crippen LogP contribution < -0.4 is 4.90 Å². The number of halogens is 2. The maximum Gasteiger partial charge on any atom is 0.228 e. The zero-order valence-electron chi connectivity index (χ0n) is 13.8. The van der Waals surface area contributed by atoms with Crippen molar-refractivity contribution in [3.05, 3.63) is 50.7 Å². The van der Waals surface area contributed by atoms with E-state index in [0.29, 0.717) is 28.9 Å². The average molecular weight is 404 g/mol. The first-order valence-corrected chi connectivity index (χ1v) is 9.79. The molecule has 2 aromatic rings. The SMILES string of the molecule is [C-]#[N+]c1c(N2CCOCC2)sc(C2=CN=CC2)c1-c1ccc(Cl)cc1Cl. The minimum absolute atomic E-state index is 0.550. The minimum Gasteiger partial charge on any atom is -0.378 e. The number of anilines is 1. The van der Waals surface area contributed by atoms with Crippen molar-refractivity contribution in [1.29, 1.82) is 0 Å². The van der Waals surface area contributed by atoms with E-state index in [1.54, 1.807) is 17.4 Å². The van der Waals surface area contributed by atoms with Crippen molar-refractivity contribution in [3.63, 3.8) is 0 Å². The van der Waals surface area contributed by atoms with Gasteiger partial charge in [-0.3, -0.25) is 4.99 Å². The Morgan fingerprint density at radius 2 is 2.04 bits per heavy atom. The lowest BCUT2D eigenvalue weighted by Gasteiger charge is -2.28. The first kappa shape index (κ1) is 17.6. The van der Waals surface area contributed by atoms with Crippen LogP contribution in [0.1, 0.15) is 11.3 Å². The normalized spacial score (nSPS) is 16.7. The lowest BCUT2D eigenvalue weighted by atomic mass is 10.0. The molecule has 0 unspecified atom stereocenters. The average Bonchev–Trinajstić information content (AvgIpc) is 3.30. The topological polar surface area (TPSA) is 29.2 Å². The number of hydrogen-bond acceptors (Lipinski definition) is 4. The molecule has 1 aromatic heterocycles. The number of aliphatic imine (C=N–C) groups is 1. The molecule has 0 aliphatic carbocycles. The summed E-state index contributed by atoms with van der Waals surface area (Å²) >= 11 is 14.2. The summed E-state index contributed by atoms with van der Waals surface area (Å²) in [5.74, 6) is 0.